The number of nitrogens with zero attached hydrogens (tertiary/aromatic N) is 1. The van der Waals surface area contributed by atoms with Crippen molar-refractivity contribution in [2.45, 2.75) is 39.8 Å². The highest BCUT2D eigenvalue weighted by molar-refractivity contribution is 6.35. The lowest BCUT2D eigenvalue weighted by molar-refractivity contribution is -0.140. The molecule has 1 aromatic rings. The van der Waals surface area contributed by atoms with E-state index in [1.807, 2.05) is 6.92 Å². The number of likely N-dealkylation sites (N-methyl/N-ethyl adjacent to an activating group) is 1. The summed E-state index contributed by atoms with van der Waals surface area (Å²) >= 11 is 12.0. The third kappa shape index (κ3) is 4.90. The number of benzene rings is 1. The first-order valence-corrected chi connectivity index (χ1v) is 7.67. The Labute approximate surface area is 135 Å². The van der Waals surface area contributed by atoms with Gasteiger partial charge in [-0.05, 0) is 31.5 Å². The molecule has 1 N–H and O–H groups in total. The summed E-state index contributed by atoms with van der Waals surface area (Å²) in [7, 11) is 0. The molecule has 0 radical (unpaired) electrons. The molecular formula is C15H20Cl2N2O2. The maximum atomic E-state index is 12.1. The molecule has 0 spiro atoms. The van der Waals surface area contributed by atoms with Crippen LogP contribution in [0.1, 0.15) is 32.8 Å². The van der Waals surface area contributed by atoms with Crippen molar-refractivity contribution in [3.8, 4) is 0 Å². The Kier molecular flexibility index (Phi) is 6.99. The van der Waals surface area contributed by atoms with Crippen molar-refractivity contribution in [3.05, 3.63) is 33.8 Å². The molecular weight excluding hydrogens is 311 g/mol. The van der Waals surface area contributed by atoms with Crippen molar-refractivity contribution in [1.82, 2.24) is 10.2 Å². The second kappa shape index (κ2) is 8.25. The van der Waals surface area contributed by atoms with Crippen molar-refractivity contribution < 1.29 is 9.59 Å². The summed E-state index contributed by atoms with van der Waals surface area (Å²) < 4.78 is 0. The van der Waals surface area contributed by atoms with Gasteiger partial charge in [-0.1, -0.05) is 36.2 Å². The van der Waals surface area contributed by atoms with Crippen LogP contribution in [0.25, 0.3) is 0 Å². The highest BCUT2D eigenvalue weighted by Crippen LogP contribution is 2.23. The molecule has 4 nitrogen and oxygen atoms in total. The first kappa shape index (κ1) is 17.8. The van der Waals surface area contributed by atoms with Gasteiger partial charge in [0, 0.05) is 29.6 Å². The quantitative estimate of drug-likeness (QED) is 0.870. The van der Waals surface area contributed by atoms with Gasteiger partial charge in [-0.25, -0.2) is 0 Å². The average molecular weight is 331 g/mol. The van der Waals surface area contributed by atoms with Crippen LogP contribution >= 0.6 is 23.2 Å². The highest BCUT2D eigenvalue weighted by Gasteiger charge is 2.25. The Morgan fingerprint density at radius 2 is 1.95 bits per heavy atom. The minimum atomic E-state index is -0.552. The van der Waals surface area contributed by atoms with Crippen LogP contribution in [0.2, 0.25) is 10.0 Å². The van der Waals surface area contributed by atoms with Crippen LogP contribution in [0.3, 0.4) is 0 Å². The van der Waals surface area contributed by atoms with E-state index in [-0.39, 0.29) is 18.4 Å². The van der Waals surface area contributed by atoms with Crippen LogP contribution in [0.4, 0.5) is 0 Å². The van der Waals surface area contributed by atoms with Crippen LogP contribution in [0.15, 0.2) is 18.2 Å². The first-order chi connectivity index (χ1) is 9.90. The summed E-state index contributed by atoms with van der Waals surface area (Å²) in [4.78, 5) is 25.6. The molecule has 0 aliphatic carbocycles. The molecule has 0 fully saturated rings. The van der Waals surface area contributed by atoms with Gasteiger partial charge >= 0.3 is 0 Å². The second-order valence-electron chi connectivity index (χ2n) is 4.68. The summed E-state index contributed by atoms with van der Waals surface area (Å²) in [5, 5.41) is 3.75. The fourth-order valence-corrected chi connectivity index (χ4v) is 2.41. The van der Waals surface area contributed by atoms with E-state index in [1.54, 1.807) is 32.0 Å². The van der Waals surface area contributed by atoms with Crippen LogP contribution < -0.4 is 5.32 Å². The molecule has 2 amide bonds. The lowest BCUT2D eigenvalue weighted by Crippen LogP contribution is -2.47. The molecule has 0 aliphatic heterocycles. The molecule has 0 bridgehead atoms. The number of rotatable bonds is 6. The van der Waals surface area contributed by atoms with Crippen molar-refractivity contribution >= 4 is 35.0 Å². The minimum absolute atomic E-state index is 0.0974. The third-order valence-corrected chi connectivity index (χ3v) is 3.76. The van der Waals surface area contributed by atoms with E-state index in [2.05, 4.69) is 5.32 Å². The Balaban J connectivity index is 2.98. The number of hydrogen-bond donors (Lipinski definition) is 1. The van der Waals surface area contributed by atoms with Gasteiger partial charge in [-0.15, -0.1) is 0 Å². The largest absolute Gasteiger partial charge is 0.355 e. The van der Waals surface area contributed by atoms with Gasteiger partial charge in [-0.3, -0.25) is 9.59 Å². The summed E-state index contributed by atoms with van der Waals surface area (Å²) in [6.07, 6.45) is 0.328. The molecule has 0 heterocycles. The van der Waals surface area contributed by atoms with Gasteiger partial charge in [0.1, 0.15) is 6.04 Å². The van der Waals surface area contributed by atoms with Crippen molar-refractivity contribution in [2.24, 2.45) is 0 Å². The fourth-order valence-electron chi connectivity index (χ4n) is 1.94. The normalized spacial score (nSPS) is 11.9. The van der Waals surface area contributed by atoms with Gasteiger partial charge < -0.3 is 10.2 Å². The first-order valence-electron chi connectivity index (χ1n) is 6.91. The van der Waals surface area contributed by atoms with Gasteiger partial charge in [-0.2, -0.15) is 0 Å². The molecule has 21 heavy (non-hydrogen) atoms. The third-order valence-electron chi connectivity index (χ3n) is 3.18. The molecule has 1 atom stereocenters. The van der Waals surface area contributed by atoms with Gasteiger partial charge in [0.25, 0.3) is 0 Å². The molecule has 0 saturated carbocycles. The topological polar surface area (TPSA) is 49.4 Å². The van der Waals surface area contributed by atoms with Crippen LogP contribution in [0.5, 0.6) is 0 Å². The zero-order chi connectivity index (χ0) is 16.0. The zero-order valence-corrected chi connectivity index (χ0v) is 14.0. The lowest BCUT2D eigenvalue weighted by atomic mass is 10.1. The van der Waals surface area contributed by atoms with Gasteiger partial charge in [0.15, 0.2) is 0 Å². The van der Waals surface area contributed by atoms with E-state index in [9.17, 15) is 9.59 Å². The molecule has 0 aromatic heterocycles. The Bertz CT molecular complexity index is 520. The fraction of sp³-hybridized carbons (Fsp3) is 0.467. The maximum Gasteiger partial charge on any atom is 0.242 e. The molecule has 116 valence electrons. The van der Waals surface area contributed by atoms with E-state index >= 15 is 0 Å². The monoisotopic (exact) mass is 330 g/mol. The van der Waals surface area contributed by atoms with Crippen molar-refractivity contribution in [1.29, 1.82) is 0 Å². The van der Waals surface area contributed by atoms with E-state index in [1.165, 1.54) is 4.90 Å². The average Bonchev–Trinajstić information content (AvgIpc) is 2.45. The maximum absolute atomic E-state index is 12.1. The summed E-state index contributed by atoms with van der Waals surface area (Å²) in [6, 6.07) is 4.56. The molecule has 0 aliphatic rings. The molecule has 0 unspecified atom stereocenters. The van der Waals surface area contributed by atoms with Gasteiger partial charge in [0.05, 0.1) is 0 Å². The zero-order valence-electron chi connectivity index (χ0n) is 12.5. The smallest absolute Gasteiger partial charge is 0.242 e. The Morgan fingerprint density at radius 1 is 1.29 bits per heavy atom. The summed E-state index contributed by atoms with van der Waals surface area (Å²) in [6.45, 7) is 6.12. The predicted octanol–water partition coefficient (Wildman–Crippen LogP) is 3.26. The molecule has 1 rings (SSSR count). The minimum Gasteiger partial charge on any atom is -0.355 e. The SMILES string of the molecule is CCNC(=O)[C@H](C)N(Cc1ccc(Cl)cc1Cl)C(=O)CC. The lowest BCUT2D eigenvalue weighted by Gasteiger charge is -2.28. The highest BCUT2D eigenvalue weighted by atomic mass is 35.5. The number of halogens is 2. The van der Waals surface area contributed by atoms with E-state index in [4.69, 9.17) is 23.2 Å². The molecule has 1 aromatic carbocycles. The van der Waals surface area contributed by atoms with Crippen LogP contribution in [0, 0.1) is 0 Å². The molecule has 0 saturated heterocycles. The summed E-state index contributed by atoms with van der Waals surface area (Å²) in [5.74, 6) is -0.274. The standard InChI is InChI=1S/C15H20Cl2N2O2/c1-4-14(20)19(10(3)15(21)18-5-2)9-11-6-7-12(16)8-13(11)17/h6-8,10H,4-5,9H2,1-3H3,(H,18,21)/t10-/m0/s1. The van der Waals surface area contributed by atoms with E-state index in [0.717, 1.165) is 5.56 Å². The van der Waals surface area contributed by atoms with Crippen molar-refractivity contribution in [2.75, 3.05) is 6.54 Å². The number of carbonyl (C=O) groups excluding carboxylic acids is 2. The second-order valence-corrected chi connectivity index (χ2v) is 5.53. The van der Waals surface area contributed by atoms with Crippen LogP contribution in [-0.4, -0.2) is 29.3 Å². The predicted molar refractivity (Wildman–Crippen MR) is 85.4 cm³/mol. The molecule has 6 heteroatoms. The van der Waals surface area contributed by atoms with Crippen LogP contribution in [-0.2, 0) is 16.1 Å². The Hall–Kier alpha value is -1.26. The number of carbonyl (C=O) groups is 2. The van der Waals surface area contributed by atoms with Gasteiger partial charge in [0.2, 0.25) is 11.8 Å². The number of hydrogen-bond acceptors (Lipinski definition) is 2. The number of amides is 2. The number of nitrogens with one attached hydrogen (secondary N) is 1. The Morgan fingerprint density at radius 3 is 2.48 bits per heavy atom. The van der Waals surface area contributed by atoms with Crippen molar-refractivity contribution in [3.63, 3.8) is 0 Å². The van der Waals surface area contributed by atoms with E-state index in [0.29, 0.717) is 23.0 Å². The summed E-state index contributed by atoms with van der Waals surface area (Å²) in [5.41, 5.74) is 0.763. The van der Waals surface area contributed by atoms with E-state index < -0.39 is 6.04 Å².